The lowest BCUT2D eigenvalue weighted by molar-refractivity contribution is 0.0940. The van der Waals surface area contributed by atoms with E-state index in [4.69, 9.17) is 23.2 Å². The number of hydrogen-bond acceptors (Lipinski definition) is 3. The summed E-state index contributed by atoms with van der Waals surface area (Å²) in [6.45, 7) is 5.98. The number of hydrogen-bond donors (Lipinski definition) is 3. The first-order chi connectivity index (χ1) is 17.3. The molecule has 3 N–H and O–H groups in total. The van der Waals surface area contributed by atoms with Crippen LogP contribution < -0.4 is 20.9 Å². The number of nitrogens with one attached hydrogen (secondary N) is 3. The van der Waals surface area contributed by atoms with E-state index in [1.165, 1.54) is 0 Å². The van der Waals surface area contributed by atoms with Crippen molar-refractivity contribution in [3.8, 4) is 0 Å². The Balaban J connectivity index is 1.57. The van der Waals surface area contributed by atoms with Gasteiger partial charge in [0, 0.05) is 24.5 Å². The first-order valence-corrected chi connectivity index (χ1v) is 12.8. The Morgan fingerprint density at radius 3 is 2.25 bits per heavy atom. The molecule has 36 heavy (non-hydrogen) atoms. The highest BCUT2D eigenvalue weighted by Crippen LogP contribution is 2.31. The Bertz CT molecular complexity index is 1210. The van der Waals surface area contributed by atoms with E-state index in [-0.39, 0.29) is 11.9 Å². The summed E-state index contributed by atoms with van der Waals surface area (Å²) in [7, 11) is 0. The number of rotatable bonds is 6. The second-order valence-corrected chi connectivity index (χ2v) is 10.00. The minimum Gasteiger partial charge on any atom is -0.371 e. The van der Waals surface area contributed by atoms with Crippen LogP contribution in [0.25, 0.3) is 0 Å². The third-order valence-corrected chi connectivity index (χ3v) is 7.10. The lowest BCUT2D eigenvalue weighted by Gasteiger charge is -2.33. The molecule has 188 valence electrons. The zero-order chi connectivity index (χ0) is 25.7. The molecule has 0 aliphatic carbocycles. The average molecular weight is 525 g/mol. The van der Waals surface area contributed by atoms with Gasteiger partial charge in [-0.05, 0) is 61.6 Å². The molecule has 4 rings (SSSR count). The molecule has 0 spiro atoms. The third-order valence-electron chi connectivity index (χ3n) is 6.47. The van der Waals surface area contributed by atoms with Crippen LogP contribution in [0.2, 0.25) is 10.0 Å². The monoisotopic (exact) mass is 524 g/mol. The summed E-state index contributed by atoms with van der Waals surface area (Å²) in [4.78, 5) is 28.4. The van der Waals surface area contributed by atoms with Crippen molar-refractivity contribution >= 4 is 52.2 Å². The van der Waals surface area contributed by atoms with E-state index >= 15 is 0 Å². The molecule has 3 aromatic carbocycles. The van der Waals surface area contributed by atoms with Crippen LogP contribution in [-0.2, 0) is 0 Å². The number of piperidine rings is 1. The van der Waals surface area contributed by atoms with Crippen molar-refractivity contribution in [3.05, 3.63) is 87.9 Å². The first kappa shape index (κ1) is 25.9. The molecular formula is C28H30Cl2N4O2. The van der Waals surface area contributed by atoms with Crippen molar-refractivity contribution in [3.63, 3.8) is 0 Å². The van der Waals surface area contributed by atoms with E-state index < -0.39 is 6.03 Å². The summed E-state index contributed by atoms with van der Waals surface area (Å²) in [5.41, 5.74) is 3.21. The summed E-state index contributed by atoms with van der Waals surface area (Å²) in [6, 6.07) is 19.6. The summed E-state index contributed by atoms with van der Waals surface area (Å²) in [5.74, 6) is 0.469. The summed E-state index contributed by atoms with van der Waals surface area (Å²) in [5, 5.41) is 9.26. The number of urea groups is 1. The predicted molar refractivity (Wildman–Crippen MR) is 148 cm³/mol. The Morgan fingerprint density at radius 2 is 1.58 bits per heavy atom. The number of para-hydroxylation sites is 1. The van der Waals surface area contributed by atoms with Crippen LogP contribution in [-0.4, -0.2) is 25.0 Å². The summed E-state index contributed by atoms with van der Waals surface area (Å²) >= 11 is 12.3. The molecule has 0 radical (unpaired) electrons. The number of carbonyl (C=O) groups is 2. The fraction of sp³-hybridized carbons (Fsp3) is 0.286. The molecule has 0 bridgehead atoms. The van der Waals surface area contributed by atoms with Crippen molar-refractivity contribution in [1.82, 2.24) is 5.32 Å². The molecule has 1 atom stereocenters. The molecule has 0 aromatic heterocycles. The van der Waals surface area contributed by atoms with Crippen LogP contribution in [0.1, 0.15) is 48.7 Å². The fourth-order valence-corrected chi connectivity index (χ4v) is 4.81. The zero-order valence-electron chi connectivity index (χ0n) is 20.4. The van der Waals surface area contributed by atoms with Crippen LogP contribution >= 0.6 is 23.2 Å². The molecule has 6 nitrogen and oxygen atoms in total. The van der Waals surface area contributed by atoms with Crippen LogP contribution in [0.5, 0.6) is 0 Å². The smallest absolute Gasteiger partial charge is 0.323 e. The Morgan fingerprint density at radius 1 is 0.917 bits per heavy atom. The standard InChI is InChI=1S/C28H30Cl2N4O2/c1-18-13-15-34(16-14-18)25-12-11-21(32-28(36)33-26-23(29)9-6-10-24(26)30)17-22(25)27(35)31-19(2)20-7-4-3-5-8-20/h3-12,17-19H,13-16H2,1-2H3,(H,31,35)(H2,32,33,36). The predicted octanol–water partition coefficient (Wildman–Crippen LogP) is 7.36. The van der Waals surface area contributed by atoms with Crippen molar-refractivity contribution in [2.24, 2.45) is 5.92 Å². The normalized spacial score (nSPS) is 14.7. The van der Waals surface area contributed by atoms with Gasteiger partial charge in [-0.15, -0.1) is 0 Å². The van der Waals surface area contributed by atoms with E-state index in [9.17, 15) is 9.59 Å². The van der Waals surface area contributed by atoms with E-state index in [1.807, 2.05) is 43.3 Å². The molecule has 1 fully saturated rings. The van der Waals surface area contributed by atoms with Gasteiger partial charge in [0.15, 0.2) is 0 Å². The maximum atomic E-state index is 13.5. The van der Waals surface area contributed by atoms with Gasteiger partial charge in [-0.1, -0.05) is 66.5 Å². The molecule has 3 aromatic rings. The van der Waals surface area contributed by atoms with Gasteiger partial charge >= 0.3 is 6.03 Å². The number of nitrogens with zero attached hydrogens (tertiary/aromatic N) is 1. The van der Waals surface area contributed by atoms with Gasteiger partial charge in [-0.3, -0.25) is 4.79 Å². The van der Waals surface area contributed by atoms with Gasteiger partial charge in [0.25, 0.3) is 5.91 Å². The van der Waals surface area contributed by atoms with Crippen molar-refractivity contribution in [2.45, 2.75) is 32.7 Å². The third kappa shape index (κ3) is 6.31. The summed E-state index contributed by atoms with van der Waals surface area (Å²) < 4.78 is 0. The Kier molecular flexibility index (Phi) is 8.39. The van der Waals surface area contributed by atoms with E-state index in [1.54, 1.807) is 30.3 Å². The van der Waals surface area contributed by atoms with Gasteiger partial charge in [0.2, 0.25) is 0 Å². The van der Waals surface area contributed by atoms with Gasteiger partial charge in [-0.2, -0.15) is 0 Å². The van der Waals surface area contributed by atoms with E-state index in [0.717, 1.165) is 37.2 Å². The largest absolute Gasteiger partial charge is 0.371 e. The van der Waals surface area contributed by atoms with Gasteiger partial charge in [0.1, 0.15) is 0 Å². The van der Waals surface area contributed by atoms with Crippen LogP contribution in [0, 0.1) is 5.92 Å². The zero-order valence-corrected chi connectivity index (χ0v) is 21.9. The molecule has 8 heteroatoms. The van der Waals surface area contributed by atoms with E-state index in [2.05, 4.69) is 27.8 Å². The highest BCUT2D eigenvalue weighted by molar-refractivity contribution is 6.39. The van der Waals surface area contributed by atoms with Crippen molar-refractivity contribution < 1.29 is 9.59 Å². The van der Waals surface area contributed by atoms with Crippen LogP contribution in [0.15, 0.2) is 66.7 Å². The van der Waals surface area contributed by atoms with E-state index in [0.29, 0.717) is 32.9 Å². The van der Waals surface area contributed by atoms with Crippen LogP contribution in [0.4, 0.5) is 21.9 Å². The van der Waals surface area contributed by atoms with Gasteiger partial charge < -0.3 is 20.9 Å². The molecule has 1 unspecified atom stereocenters. The molecule has 1 saturated heterocycles. The second-order valence-electron chi connectivity index (χ2n) is 9.18. The minimum absolute atomic E-state index is 0.171. The number of carbonyl (C=O) groups excluding carboxylic acids is 2. The minimum atomic E-state index is -0.506. The topological polar surface area (TPSA) is 73.5 Å². The number of halogens is 2. The molecule has 1 aliphatic rings. The Labute approximate surface area is 222 Å². The fourth-order valence-electron chi connectivity index (χ4n) is 4.31. The summed E-state index contributed by atoms with van der Waals surface area (Å²) in [6.07, 6.45) is 2.14. The maximum Gasteiger partial charge on any atom is 0.323 e. The number of anilines is 3. The lowest BCUT2D eigenvalue weighted by atomic mass is 9.97. The lowest BCUT2D eigenvalue weighted by Crippen LogP contribution is -2.35. The maximum absolute atomic E-state index is 13.5. The highest BCUT2D eigenvalue weighted by atomic mass is 35.5. The quantitative estimate of drug-likeness (QED) is 0.315. The van der Waals surface area contributed by atoms with Crippen molar-refractivity contribution in [2.75, 3.05) is 28.6 Å². The molecule has 1 heterocycles. The average Bonchev–Trinajstić information content (AvgIpc) is 2.87. The Hall–Kier alpha value is -3.22. The molecule has 3 amide bonds. The molecule has 0 saturated carbocycles. The van der Waals surface area contributed by atoms with Gasteiger partial charge in [-0.25, -0.2) is 4.79 Å². The van der Waals surface area contributed by atoms with Gasteiger partial charge in [0.05, 0.1) is 27.3 Å². The number of benzene rings is 3. The van der Waals surface area contributed by atoms with Crippen molar-refractivity contribution in [1.29, 1.82) is 0 Å². The highest BCUT2D eigenvalue weighted by Gasteiger charge is 2.23. The SMILES string of the molecule is CC1CCN(c2ccc(NC(=O)Nc3c(Cl)cccc3Cl)cc2C(=O)NC(C)c2ccccc2)CC1. The molecule has 1 aliphatic heterocycles. The van der Waals surface area contributed by atoms with Crippen LogP contribution in [0.3, 0.4) is 0 Å². The first-order valence-electron chi connectivity index (χ1n) is 12.1. The molecular weight excluding hydrogens is 495 g/mol. The number of amides is 3. The second kappa shape index (κ2) is 11.7.